The molecule has 0 saturated carbocycles. The van der Waals surface area contributed by atoms with Gasteiger partial charge in [0.2, 0.25) is 5.91 Å². The molecule has 0 spiro atoms. The predicted octanol–water partition coefficient (Wildman–Crippen LogP) is 2.83. The van der Waals surface area contributed by atoms with Crippen molar-refractivity contribution in [2.75, 3.05) is 6.61 Å². The molecule has 0 aliphatic rings. The minimum Gasteiger partial charge on any atom is -0.493 e. The van der Waals surface area contributed by atoms with Gasteiger partial charge in [-0.15, -0.1) is 0 Å². The molecule has 1 atom stereocenters. The number of carbonyl (C=O) groups is 2. The van der Waals surface area contributed by atoms with Gasteiger partial charge < -0.3 is 15.2 Å². The third-order valence-corrected chi connectivity index (χ3v) is 3.44. The number of carboxylic acid groups (broad SMARTS) is 1. The van der Waals surface area contributed by atoms with Crippen molar-refractivity contribution in [3.63, 3.8) is 0 Å². The van der Waals surface area contributed by atoms with Crippen molar-refractivity contribution in [1.82, 2.24) is 5.32 Å². The van der Waals surface area contributed by atoms with Gasteiger partial charge in [0.05, 0.1) is 6.61 Å². The van der Waals surface area contributed by atoms with Crippen molar-refractivity contribution in [3.8, 4) is 5.75 Å². The first-order valence-corrected chi connectivity index (χ1v) is 7.66. The van der Waals surface area contributed by atoms with Gasteiger partial charge in [-0.05, 0) is 50.3 Å². The number of hydrogen-bond acceptors (Lipinski definition) is 3. The van der Waals surface area contributed by atoms with Crippen LogP contribution in [0.25, 0.3) is 0 Å². The Kier molecular flexibility index (Phi) is 7.43. The lowest BCUT2D eigenvalue weighted by Crippen LogP contribution is -2.40. The summed E-state index contributed by atoms with van der Waals surface area (Å²) in [7, 11) is 0. The number of aliphatic carboxylic acids is 1. The van der Waals surface area contributed by atoms with Crippen LogP contribution in [-0.2, 0) is 9.59 Å². The van der Waals surface area contributed by atoms with Gasteiger partial charge in [-0.2, -0.15) is 0 Å². The van der Waals surface area contributed by atoms with Gasteiger partial charge in [0.15, 0.2) is 0 Å². The van der Waals surface area contributed by atoms with Crippen LogP contribution in [0.5, 0.6) is 5.75 Å². The van der Waals surface area contributed by atoms with E-state index in [2.05, 4.69) is 5.32 Å². The van der Waals surface area contributed by atoms with Gasteiger partial charge >= 0.3 is 5.97 Å². The summed E-state index contributed by atoms with van der Waals surface area (Å²) in [5.74, 6) is -0.337. The zero-order valence-electron chi connectivity index (χ0n) is 13.5. The van der Waals surface area contributed by atoms with Gasteiger partial charge in [-0.25, -0.2) is 4.79 Å². The molecule has 1 aromatic rings. The standard InChI is InChI=1S/C17H25NO4/c1-4-14(17(20)21)18-16(19)7-5-6-10-22-15-11-12(2)8-9-13(15)3/h8-9,11,14H,4-7,10H2,1-3H3,(H,18,19)(H,20,21). The highest BCUT2D eigenvalue weighted by Crippen LogP contribution is 2.19. The molecule has 22 heavy (non-hydrogen) atoms. The van der Waals surface area contributed by atoms with E-state index in [9.17, 15) is 9.59 Å². The Morgan fingerprint density at radius 3 is 2.64 bits per heavy atom. The highest BCUT2D eigenvalue weighted by atomic mass is 16.5. The summed E-state index contributed by atoms with van der Waals surface area (Å²) < 4.78 is 5.71. The lowest BCUT2D eigenvalue weighted by atomic mass is 10.1. The lowest BCUT2D eigenvalue weighted by Gasteiger charge is -2.12. The summed E-state index contributed by atoms with van der Waals surface area (Å²) >= 11 is 0. The van der Waals surface area contributed by atoms with E-state index in [-0.39, 0.29) is 5.91 Å². The number of benzene rings is 1. The monoisotopic (exact) mass is 307 g/mol. The van der Waals surface area contributed by atoms with Crippen molar-refractivity contribution in [3.05, 3.63) is 29.3 Å². The van der Waals surface area contributed by atoms with Crippen LogP contribution in [0.2, 0.25) is 0 Å². The zero-order valence-corrected chi connectivity index (χ0v) is 13.5. The molecule has 0 saturated heterocycles. The average molecular weight is 307 g/mol. The molecule has 0 aliphatic heterocycles. The molecule has 5 heteroatoms. The largest absolute Gasteiger partial charge is 0.493 e. The van der Waals surface area contributed by atoms with E-state index in [4.69, 9.17) is 9.84 Å². The number of amides is 1. The fourth-order valence-corrected chi connectivity index (χ4v) is 2.04. The van der Waals surface area contributed by atoms with Gasteiger partial charge in [-0.1, -0.05) is 19.1 Å². The van der Waals surface area contributed by atoms with Crippen LogP contribution in [0, 0.1) is 13.8 Å². The molecule has 1 aromatic carbocycles. The van der Waals surface area contributed by atoms with E-state index in [1.807, 2.05) is 32.0 Å². The average Bonchev–Trinajstić information content (AvgIpc) is 2.47. The zero-order chi connectivity index (χ0) is 16.5. The van der Waals surface area contributed by atoms with Crippen LogP contribution < -0.4 is 10.1 Å². The molecule has 0 aliphatic carbocycles. The lowest BCUT2D eigenvalue weighted by molar-refractivity contribution is -0.141. The summed E-state index contributed by atoms with van der Waals surface area (Å²) in [5, 5.41) is 11.4. The van der Waals surface area contributed by atoms with E-state index < -0.39 is 12.0 Å². The van der Waals surface area contributed by atoms with Crippen LogP contribution in [0.1, 0.15) is 43.7 Å². The number of unbranched alkanes of at least 4 members (excludes halogenated alkanes) is 1. The maximum Gasteiger partial charge on any atom is 0.326 e. The molecular formula is C17H25NO4. The minimum absolute atomic E-state index is 0.221. The van der Waals surface area contributed by atoms with E-state index in [1.165, 1.54) is 0 Å². The second-order valence-corrected chi connectivity index (χ2v) is 5.44. The highest BCUT2D eigenvalue weighted by molar-refractivity contribution is 5.83. The molecule has 0 bridgehead atoms. The number of aryl methyl sites for hydroxylation is 2. The molecule has 0 fully saturated rings. The molecule has 1 rings (SSSR count). The summed E-state index contributed by atoms with van der Waals surface area (Å²) in [6.45, 7) is 6.30. The Morgan fingerprint density at radius 1 is 1.27 bits per heavy atom. The van der Waals surface area contributed by atoms with E-state index >= 15 is 0 Å². The van der Waals surface area contributed by atoms with Crippen LogP contribution in [-0.4, -0.2) is 29.6 Å². The quantitative estimate of drug-likeness (QED) is 0.688. The number of ether oxygens (including phenoxy) is 1. The van der Waals surface area contributed by atoms with Crippen molar-refractivity contribution in [1.29, 1.82) is 0 Å². The van der Waals surface area contributed by atoms with Gasteiger partial charge in [-0.3, -0.25) is 4.79 Å². The first-order chi connectivity index (χ1) is 10.4. The van der Waals surface area contributed by atoms with Gasteiger partial charge in [0.25, 0.3) is 0 Å². The fraction of sp³-hybridized carbons (Fsp3) is 0.529. The van der Waals surface area contributed by atoms with Crippen LogP contribution in [0.3, 0.4) is 0 Å². The van der Waals surface area contributed by atoms with E-state index in [0.29, 0.717) is 25.9 Å². The van der Waals surface area contributed by atoms with E-state index in [0.717, 1.165) is 23.3 Å². The minimum atomic E-state index is -0.992. The third-order valence-electron chi connectivity index (χ3n) is 3.44. The molecule has 0 aromatic heterocycles. The number of carboxylic acids is 1. The van der Waals surface area contributed by atoms with Crippen LogP contribution in [0.4, 0.5) is 0 Å². The van der Waals surface area contributed by atoms with Gasteiger partial charge in [0.1, 0.15) is 11.8 Å². The number of carbonyl (C=O) groups excluding carboxylic acids is 1. The predicted molar refractivity (Wildman–Crippen MR) is 85.1 cm³/mol. The second-order valence-electron chi connectivity index (χ2n) is 5.44. The molecule has 0 radical (unpaired) electrons. The van der Waals surface area contributed by atoms with Crippen LogP contribution >= 0.6 is 0 Å². The smallest absolute Gasteiger partial charge is 0.326 e. The third kappa shape index (κ3) is 6.16. The highest BCUT2D eigenvalue weighted by Gasteiger charge is 2.16. The van der Waals surface area contributed by atoms with Gasteiger partial charge in [0, 0.05) is 6.42 Å². The molecule has 1 unspecified atom stereocenters. The Labute approximate surface area is 131 Å². The first-order valence-electron chi connectivity index (χ1n) is 7.66. The Morgan fingerprint density at radius 2 is 2.00 bits per heavy atom. The molecular weight excluding hydrogens is 282 g/mol. The van der Waals surface area contributed by atoms with E-state index in [1.54, 1.807) is 6.92 Å². The number of hydrogen-bond donors (Lipinski definition) is 2. The molecule has 2 N–H and O–H groups in total. The molecule has 122 valence electrons. The summed E-state index contributed by atoms with van der Waals surface area (Å²) in [5.41, 5.74) is 2.25. The van der Waals surface area contributed by atoms with Crippen LogP contribution in [0.15, 0.2) is 18.2 Å². The SMILES string of the molecule is CCC(NC(=O)CCCCOc1cc(C)ccc1C)C(=O)O. The van der Waals surface area contributed by atoms with Crippen molar-refractivity contribution >= 4 is 11.9 Å². The fourth-order valence-electron chi connectivity index (χ4n) is 2.04. The van der Waals surface area contributed by atoms with Crippen molar-refractivity contribution in [2.24, 2.45) is 0 Å². The van der Waals surface area contributed by atoms with Crippen molar-refractivity contribution < 1.29 is 19.4 Å². The Hall–Kier alpha value is -2.04. The first kappa shape index (κ1) is 18.0. The number of rotatable bonds is 9. The normalized spacial score (nSPS) is 11.8. The summed E-state index contributed by atoms with van der Waals surface area (Å²) in [6.07, 6.45) is 2.13. The second kappa shape index (κ2) is 9.07. The topological polar surface area (TPSA) is 75.6 Å². The maximum atomic E-state index is 11.6. The van der Waals surface area contributed by atoms with Crippen molar-refractivity contribution in [2.45, 2.75) is 52.5 Å². The summed E-state index contributed by atoms with van der Waals surface area (Å²) in [4.78, 5) is 22.5. The molecule has 5 nitrogen and oxygen atoms in total. The molecule has 0 heterocycles. The Balaban J connectivity index is 2.24. The summed E-state index contributed by atoms with van der Waals surface area (Å²) in [6, 6.07) is 5.27. The molecule has 1 amide bonds. The number of nitrogens with one attached hydrogen (secondary N) is 1. The maximum absolute atomic E-state index is 11.6. The Bertz CT molecular complexity index is 513.